The van der Waals surface area contributed by atoms with Crippen molar-refractivity contribution in [1.29, 1.82) is 0 Å². The zero-order valence-electron chi connectivity index (χ0n) is 7.69. The van der Waals surface area contributed by atoms with Gasteiger partial charge in [-0.05, 0) is 37.6 Å². The average Bonchev–Trinajstić information content (AvgIpc) is 2.02. The normalized spacial score (nSPS) is 11.5. The van der Waals surface area contributed by atoms with E-state index in [9.17, 15) is 13.2 Å². The second-order valence-electron chi connectivity index (χ2n) is 2.80. The quantitative estimate of drug-likeness (QED) is 0.716. The number of hydrogen-bond donors (Lipinski definition) is 0. The van der Waals surface area contributed by atoms with Crippen molar-refractivity contribution in [3.05, 3.63) is 36.2 Å². The van der Waals surface area contributed by atoms with Crippen molar-refractivity contribution in [2.24, 2.45) is 0 Å². The number of alkyl halides is 3. The average molecular weight is 203 g/mol. The van der Waals surface area contributed by atoms with Gasteiger partial charge >= 0.3 is 6.18 Å². The summed E-state index contributed by atoms with van der Waals surface area (Å²) >= 11 is 0. The van der Waals surface area contributed by atoms with Gasteiger partial charge < -0.3 is 4.74 Å². The van der Waals surface area contributed by atoms with Crippen LogP contribution in [0.3, 0.4) is 0 Å². The van der Waals surface area contributed by atoms with Crippen molar-refractivity contribution in [3.8, 4) is 5.75 Å². The van der Waals surface area contributed by atoms with E-state index in [1.54, 1.807) is 6.92 Å². The molecule has 0 amide bonds. The predicted octanol–water partition coefficient (Wildman–Crippen LogP) is 3.29. The Labute approximate surface area is 80.5 Å². The summed E-state index contributed by atoms with van der Waals surface area (Å²) in [5.74, 6) is 0.201. The van der Waals surface area contributed by atoms with E-state index in [1.807, 2.05) is 0 Å². The second-order valence-corrected chi connectivity index (χ2v) is 2.80. The van der Waals surface area contributed by atoms with Crippen LogP contribution in [0.2, 0.25) is 0 Å². The molecule has 0 atom stereocenters. The molecule has 0 spiro atoms. The number of benzene rings is 1. The van der Waals surface area contributed by atoms with Crippen LogP contribution in [-0.4, -0.2) is 6.61 Å². The lowest BCUT2D eigenvalue weighted by molar-refractivity contribution is -0.137. The van der Waals surface area contributed by atoms with Crippen LogP contribution in [0.4, 0.5) is 13.2 Å². The van der Waals surface area contributed by atoms with Crippen molar-refractivity contribution in [3.63, 3.8) is 0 Å². The maximum Gasteiger partial charge on any atom is 0.416 e. The molecule has 0 bridgehead atoms. The summed E-state index contributed by atoms with van der Waals surface area (Å²) in [5.41, 5.74) is -0.434. The topological polar surface area (TPSA) is 9.23 Å². The van der Waals surface area contributed by atoms with Crippen molar-refractivity contribution in [2.45, 2.75) is 13.1 Å². The lowest BCUT2D eigenvalue weighted by Crippen LogP contribution is -2.06. The van der Waals surface area contributed by atoms with Crippen molar-refractivity contribution in [1.82, 2.24) is 0 Å². The summed E-state index contributed by atoms with van der Waals surface area (Å²) < 4.78 is 41.9. The van der Waals surface area contributed by atoms with E-state index in [1.165, 1.54) is 6.07 Å². The molecule has 0 aliphatic carbocycles. The van der Waals surface area contributed by atoms with Gasteiger partial charge in [-0.25, -0.2) is 0 Å². The van der Waals surface area contributed by atoms with Crippen molar-refractivity contribution in [2.75, 3.05) is 6.61 Å². The molecule has 1 rings (SSSR count). The molecule has 4 heteroatoms. The second kappa shape index (κ2) is 3.90. The van der Waals surface area contributed by atoms with E-state index >= 15 is 0 Å². The van der Waals surface area contributed by atoms with Crippen LogP contribution >= 0.6 is 0 Å². The third-order valence-corrected chi connectivity index (χ3v) is 1.60. The van der Waals surface area contributed by atoms with Gasteiger partial charge in [-0.1, -0.05) is 0 Å². The Morgan fingerprint density at radius 1 is 1.29 bits per heavy atom. The first-order valence-corrected chi connectivity index (χ1v) is 4.10. The van der Waals surface area contributed by atoms with E-state index in [2.05, 4.69) is 6.92 Å². The van der Waals surface area contributed by atoms with Gasteiger partial charge in [0.2, 0.25) is 0 Å². The summed E-state index contributed by atoms with van der Waals surface area (Å²) in [5, 5.41) is 0. The first kappa shape index (κ1) is 10.9. The maximum absolute atomic E-state index is 12.3. The molecule has 0 saturated carbocycles. The molecule has 0 N–H and O–H groups in total. The Morgan fingerprint density at radius 2 is 1.93 bits per heavy atom. The molecule has 0 aliphatic rings. The third kappa shape index (κ3) is 2.65. The molecule has 77 valence electrons. The zero-order valence-corrected chi connectivity index (χ0v) is 7.69. The highest BCUT2D eigenvalue weighted by Gasteiger charge is 2.31. The van der Waals surface area contributed by atoms with Crippen LogP contribution < -0.4 is 4.74 Å². The number of rotatable bonds is 2. The van der Waals surface area contributed by atoms with Gasteiger partial charge in [-0.15, -0.1) is 0 Å². The Bertz CT molecular complexity index is 318. The SMILES string of the molecule is [CH2]c1cc(OCC)cc(C(F)(F)F)c1. The molecule has 1 aromatic rings. The van der Waals surface area contributed by atoms with Gasteiger partial charge in [0.15, 0.2) is 0 Å². The highest BCUT2D eigenvalue weighted by Crippen LogP contribution is 2.32. The zero-order chi connectivity index (χ0) is 10.8. The molecule has 1 nitrogen and oxygen atoms in total. The van der Waals surface area contributed by atoms with Crippen LogP contribution in [-0.2, 0) is 6.18 Å². The molecule has 0 fully saturated rings. The smallest absolute Gasteiger partial charge is 0.416 e. The van der Waals surface area contributed by atoms with Crippen LogP contribution in [0.1, 0.15) is 18.1 Å². The highest BCUT2D eigenvalue weighted by atomic mass is 19.4. The van der Waals surface area contributed by atoms with Crippen LogP contribution in [0.25, 0.3) is 0 Å². The molecule has 0 aromatic heterocycles. The minimum absolute atomic E-state index is 0.201. The van der Waals surface area contributed by atoms with Crippen LogP contribution in [0, 0.1) is 6.92 Å². The van der Waals surface area contributed by atoms with Crippen LogP contribution in [0.15, 0.2) is 18.2 Å². The standard InChI is InChI=1S/C10H10F3O/c1-3-14-9-5-7(2)4-8(6-9)10(11,12)13/h4-6H,2-3H2,1H3. The molecular formula is C10H10F3O. The Hall–Kier alpha value is -1.19. The summed E-state index contributed by atoms with van der Waals surface area (Å²) in [6, 6.07) is 3.43. The predicted molar refractivity (Wildman–Crippen MR) is 47.1 cm³/mol. The molecule has 1 radical (unpaired) electrons. The third-order valence-electron chi connectivity index (χ3n) is 1.60. The fraction of sp³-hybridized carbons (Fsp3) is 0.300. The minimum Gasteiger partial charge on any atom is -0.494 e. The highest BCUT2D eigenvalue weighted by molar-refractivity contribution is 5.37. The van der Waals surface area contributed by atoms with E-state index in [0.29, 0.717) is 12.2 Å². The molecule has 0 unspecified atom stereocenters. The van der Waals surface area contributed by atoms with E-state index in [-0.39, 0.29) is 5.75 Å². The summed E-state index contributed by atoms with van der Waals surface area (Å²) in [7, 11) is 0. The van der Waals surface area contributed by atoms with Crippen LogP contribution in [0.5, 0.6) is 5.75 Å². The molecule has 1 aromatic carbocycles. The number of ether oxygens (including phenoxy) is 1. The Balaban J connectivity index is 3.07. The van der Waals surface area contributed by atoms with E-state index < -0.39 is 11.7 Å². The van der Waals surface area contributed by atoms with Gasteiger partial charge in [-0.3, -0.25) is 0 Å². The monoisotopic (exact) mass is 203 g/mol. The van der Waals surface area contributed by atoms with Gasteiger partial charge in [0, 0.05) is 0 Å². The molecule has 14 heavy (non-hydrogen) atoms. The number of hydrogen-bond acceptors (Lipinski definition) is 1. The van der Waals surface area contributed by atoms with Gasteiger partial charge in [-0.2, -0.15) is 13.2 Å². The molecule has 0 saturated heterocycles. The fourth-order valence-corrected chi connectivity index (χ4v) is 1.07. The summed E-state index contributed by atoms with van der Waals surface area (Å²) in [6.45, 7) is 5.50. The lowest BCUT2D eigenvalue weighted by atomic mass is 10.1. The first-order valence-electron chi connectivity index (χ1n) is 4.10. The summed E-state index contributed by atoms with van der Waals surface area (Å²) in [4.78, 5) is 0. The largest absolute Gasteiger partial charge is 0.494 e. The van der Waals surface area contributed by atoms with Crippen molar-refractivity contribution < 1.29 is 17.9 Å². The Kier molecular flexibility index (Phi) is 3.03. The Morgan fingerprint density at radius 3 is 2.43 bits per heavy atom. The molecule has 0 heterocycles. The molecular weight excluding hydrogens is 193 g/mol. The van der Waals surface area contributed by atoms with Gasteiger partial charge in [0.05, 0.1) is 12.2 Å². The van der Waals surface area contributed by atoms with Gasteiger partial charge in [0.1, 0.15) is 5.75 Å². The lowest BCUT2D eigenvalue weighted by Gasteiger charge is -2.10. The molecule has 0 aliphatic heterocycles. The maximum atomic E-state index is 12.3. The van der Waals surface area contributed by atoms with Crippen molar-refractivity contribution >= 4 is 0 Å². The number of halogens is 3. The van der Waals surface area contributed by atoms with E-state index in [0.717, 1.165) is 12.1 Å². The summed E-state index contributed by atoms with van der Waals surface area (Å²) in [6.07, 6.45) is -4.35. The fourth-order valence-electron chi connectivity index (χ4n) is 1.07. The minimum atomic E-state index is -4.35. The first-order chi connectivity index (χ1) is 6.43. The van der Waals surface area contributed by atoms with E-state index in [4.69, 9.17) is 4.74 Å². The van der Waals surface area contributed by atoms with Gasteiger partial charge in [0.25, 0.3) is 0 Å².